The number of methoxy groups -OCH3 is 1. The normalized spacial score (nSPS) is 17.5. The molecular weight excluding hydrogens is 478 g/mol. The second kappa shape index (κ2) is 13.8. The second-order valence-electron chi connectivity index (χ2n) is 9.72. The van der Waals surface area contributed by atoms with Crippen LogP contribution in [0.1, 0.15) is 66.2 Å². The zero-order chi connectivity index (χ0) is 26.8. The van der Waals surface area contributed by atoms with E-state index in [1.54, 1.807) is 7.11 Å². The molecule has 0 aromatic carbocycles. The van der Waals surface area contributed by atoms with Gasteiger partial charge in [0.1, 0.15) is 6.04 Å². The zero-order valence-electron chi connectivity index (χ0n) is 21.3. The Balaban J connectivity index is 2.45. The van der Waals surface area contributed by atoms with Crippen LogP contribution < -0.4 is 11.1 Å². The summed E-state index contributed by atoms with van der Waals surface area (Å²) in [6.45, 7) is 8.38. The van der Waals surface area contributed by atoms with Crippen molar-refractivity contribution in [2.24, 2.45) is 5.73 Å². The summed E-state index contributed by atoms with van der Waals surface area (Å²) in [6.07, 6.45) is 0.833. The first-order valence-electron chi connectivity index (χ1n) is 11.6. The second-order valence-corrected chi connectivity index (χ2v) is 11.0. The minimum absolute atomic E-state index is 0.0664. The van der Waals surface area contributed by atoms with E-state index in [1.807, 2.05) is 27.7 Å². The lowest BCUT2D eigenvalue weighted by molar-refractivity contribution is -0.140. The molecule has 1 heterocycles. The van der Waals surface area contributed by atoms with Crippen molar-refractivity contribution in [3.63, 3.8) is 0 Å². The van der Waals surface area contributed by atoms with Gasteiger partial charge in [0.05, 0.1) is 23.1 Å². The summed E-state index contributed by atoms with van der Waals surface area (Å²) in [5, 5.41) is 10.6. The number of nitrogens with zero attached hydrogens (tertiary/aromatic N) is 1. The maximum absolute atomic E-state index is 12.7. The summed E-state index contributed by atoms with van der Waals surface area (Å²) in [4.78, 5) is 60.3. The van der Waals surface area contributed by atoms with E-state index < -0.39 is 34.7 Å². The molecule has 1 saturated heterocycles. The summed E-state index contributed by atoms with van der Waals surface area (Å²) in [5.41, 5.74) is 4.54. The number of carboxylic acids is 1. The number of carboxylic acid groups (broad SMARTS) is 1. The third-order valence-electron chi connectivity index (χ3n) is 5.86. The van der Waals surface area contributed by atoms with Gasteiger partial charge in [-0.25, -0.2) is 0 Å². The van der Waals surface area contributed by atoms with Gasteiger partial charge in [-0.1, -0.05) is 0 Å². The molecule has 0 aromatic rings. The third kappa shape index (κ3) is 11.4. The van der Waals surface area contributed by atoms with E-state index in [-0.39, 0.29) is 49.6 Å². The van der Waals surface area contributed by atoms with Gasteiger partial charge >= 0.3 is 5.97 Å². The van der Waals surface area contributed by atoms with E-state index in [4.69, 9.17) is 20.3 Å². The number of ether oxygens (including phenoxy) is 2. The number of thioether (sulfide) groups is 1. The summed E-state index contributed by atoms with van der Waals surface area (Å²) in [5.74, 6) is -2.62. The number of nitrogens with two attached hydrogens (primary N) is 1. The monoisotopic (exact) mass is 517 g/mol. The van der Waals surface area contributed by atoms with Crippen LogP contribution in [0.3, 0.4) is 0 Å². The number of carbonyl (C=O) groups excluding carboxylic acids is 4. The first-order chi connectivity index (χ1) is 16.2. The van der Waals surface area contributed by atoms with Crippen LogP contribution in [0.4, 0.5) is 0 Å². The molecule has 12 heteroatoms. The Labute approximate surface area is 210 Å². The van der Waals surface area contributed by atoms with E-state index in [9.17, 15) is 24.0 Å². The van der Waals surface area contributed by atoms with Crippen molar-refractivity contribution < 1.29 is 38.6 Å². The van der Waals surface area contributed by atoms with Crippen molar-refractivity contribution in [2.75, 3.05) is 26.0 Å². The van der Waals surface area contributed by atoms with Gasteiger partial charge in [-0.2, -0.15) is 0 Å². The molecule has 4 amide bonds. The molecule has 0 bridgehead atoms. The van der Waals surface area contributed by atoms with Crippen LogP contribution in [0, 0.1) is 0 Å². The summed E-state index contributed by atoms with van der Waals surface area (Å²) >= 11 is 1.39. The Hall–Kier alpha value is -2.18. The fourth-order valence-electron chi connectivity index (χ4n) is 3.25. The molecule has 1 rings (SSSR count). The Morgan fingerprint density at radius 3 is 2.40 bits per heavy atom. The standard InChI is InChI=1S/C23H39N3O8S/c1-22(2,33-5)9-12-34-23(3,4)10-13-35-16-14-18(28)26(21(16)32)11-8-17(27)25-15(20(24)31)6-7-19(29)30/h15-16H,6-14H2,1-5H3,(H2,24,31)(H,25,27)(H,29,30)/t15-,16?/m1/s1. The summed E-state index contributed by atoms with van der Waals surface area (Å²) in [6, 6.07) is -1.13. The van der Waals surface area contributed by atoms with E-state index in [2.05, 4.69) is 5.32 Å². The smallest absolute Gasteiger partial charge is 0.303 e. The Bertz CT molecular complexity index is 787. The molecular formula is C23H39N3O8S. The molecule has 1 aliphatic heterocycles. The first-order valence-corrected chi connectivity index (χ1v) is 12.7. The van der Waals surface area contributed by atoms with E-state index in [1.165, 1.54) is 11.8 Å². The number of hydrogen-bond acceptors (Lipinski definition) is 8. The Kier molecular flexibility index (Phi) is 12.2. The highest BCUT2D eigenvalue weighted by Gasteiger charge is 2.39. The highest BCUT2D eigenvalue weighted by atomic mass is 32.2. The predicted octanol–water partition coefficient (Wildman–Crippen LogP) is 1.07. The Morgan fingerprint density at radius 1 is 1.17 bits per heavy atom. The molecule has 35 heavy (non-hydrogen) atoms. The molecule has 11 nitrogen and oxygen atoms in total. The van der Waals surface area contributed by atoms with Gasteiger partial charge in [0.25, 0.3) is 0 Å². The van der Waals surface area contributed by atoms with E-state index in [0.717, 1.165) is 11.3 Å². The van der Waals surface area contributed by atoms with E-state index in [0.29, 0.717) is 18.8 Å². The lowest BCUT2D eigenvalue weighted by Crippen LogP contribution is -2.45. The molecule has 1 aliphatic rings. The highest BCUT2D eigenvalue weighted by Crippen LogP contribution is 2.28. The average Bonchev–Trinajstić information content (AvgIpc) is 3.01. The molecule has 200 valence electrons. The molecule has 1 unspecified atom stereocenters. The summed E-state index contributed by atoms with van der Waals surface area (Å²) in [7, 11) is 1.66. The van der Waals surface area contributed by atoms with Gasteiger partial charge in [-0.3, -0.25) is 28.9 Å². The van der Waals surface area contributed by atoms with Crippen LogP contribution in [-0.2, 0) is 33.4 Å². The van der Waals surface area contributed by atoms with E-state index >= 15 is 0 Å². The van der Waals surface area contributed by atoms with Gasteiger partial charge in [0.2, 0.25) is 23.6 Å². The number of carbonyl (C=O) groups is 5. The molecule has 0 aromatic heterocycles. The lowest BCUT2D eigenvalue weighted by atomic mass is 10.0. The van der Waals surface area contributed by atoms with Crippen LogP contribution in [0.5, 0.6) is 0 Å². The molecule has 2 atom stereocenters. The zero-order valence-corrected chi connectivity index (χ0v) is 22.1. The molecule has 0 radical (unpaired) electrons. The number of likely N-dealkylation sites (tertiary alicyclic amines) is 1. The quantitative estimate of drug-likeness (QED) is 0.239. The van der Waals surface area contributed by atoms with Crippen LogP contribution in [0.25, 0.3) is 0 Å². The third-order valence-corrected chi connectivity index (χ3v) is 7.07. The minimum Gasteiger partial charge on any atom is -0.481 e. The van der Waals surface area contributed by atoms with Crippen molar-refractivity contribution in [1.82, 2.24) is 10.2 Å². The van der Waals surface area contributed by atoms with Gasteiger partial charge < -0.3 is 25.6 Å². The number of hydrogen-bond donors (Lipinski definition) is 3. The first kappa shape index (κ1) is 30.9. The van der Waals surface area contributed by atoms with Gasteiger partial charge in [0, 0.05) is 32.9 Å². The number of aliphatic carboxylic acids is 1. The van der Waals surface area contributed by atoms with Gasteiger partial charge in [-0.05, 0) is 52.7 Å². The van der Waals surface area contributed by atoms with Crippen LogP contribution >= 0.6 is 11.8 Å². The summed E-state index contributed by atoms with van der Waals surface area (Å²) < 4.78 is 11.4. The number of imide groups is 1. The SMILES string of the molecule is COC(C)(C)CCOC(C)(C)CCSC1CC(=O)N(CCC(=O)N[C@H](CCC(=O)O)C(N)=O)C1=O. The molecule has 0 aliphatic carbocycles. The number of rotatable bonds is 17. The van der Waals surface area contributed by atoms with Crippen LogP contribution in [0.15, 0.2) is 0 Å². The fourth-order valence-corrected chi connectivity index (χ4v) is 4.67. The van der Waals surface area contributed by atoms with Crippen molar-refractivity contribution in [3.05, 3.63) is 0 Å². The van der Waals surface area contributed by atoms with Gasteiger partial charge in [0.15, 0.2) is 0 Å². The largest absolute Gasteiger partial charge is 0.481 e. The Morgan fingerprint density at radius 2 is 1.83 bits per heavy atom. The highest BCUT2D eigenvalue weighted by molar-refractivity contribution is 8.00. The van der Waals surface area contributed by atoms with Crippen molar-refractivity contribution >= 4 is 41.4 Å². The molecule has 0 spiro atoms. The van der Waals surface area contributed by atoms with Crippen molar-refractivity contribution in [2.45, 2.75) is 88.7 Å². The minimum atomic E-state index is -1.13. The lowest BCUT2D eigenvalue weighted by Gasteiger charge is -2.29. The molecule has 1 fully saturated rings. The number of amides is 4. The molecule has 4 N–H and O–H groups in total. The topological polar surface area (TPSA) is 165 Å². The van der Waals surface area contributed by atoms with Crippen molar-refractivity contribution in [3.8, 4) is 0 Å². The van der Waals surface area contributed by atoms with Crippen molar-refractivity contribution in [1.29, 1.82) is 0 Å². The average molecular weight is 518 g/mol. The van der Waals surface area contributed by atoms with Gasteiger partial charge in [-0.15, -0.1) is 11.8 Å². The van der Waals surface area contributed by atoms with Crippen LogP contribution in [-0.4, -0.2) is 88.1 Å². The maximum atomic E-state index is 12.7. The fraction of sp³-hybridized carbons (Fsp3) is 0.783. The number of nitrogens with one attached hydrogen (secondary N) is 1. The number of primary amides is 1. The maximum Gasteiger partial charge on any atom is 0.303 e. The van der Waals surface area contributed by atoms with Crippen LogP contribution in [0.2, 0.25) is 0 Å². The predicted molar refractivity (Wildman–Crippen MR) is 131 cm³/mol. The molecule has 0 saturated carbocycles.